The van der Waals surface area contributed by atoms with Gasteiger partial charge in [-0.05, 0) is 43.2 Å². The van der Waals surface area contributed by atoms with E-state index < -0.39 is 0 Å². The molecule has 0 aromatic heterocycles. The second kappa shape index (κ2) is 9.19. The fraction of sp³-hybridized carbons (Fsp3) is 0.700. The predicted molar refractivity (Wildman–Crippen MR) is 94.7 cm³/mol. The monoisotopic (exact) mass is 303 g/mol. The molecule has 0 unspecified atom stereocenters. The first-order valence-electron chi connectivity index (χ1n) is 9.23. The number of ether oxygens (including phenoxy) is 1. The summed E-state index contributed by atoms with van der Waals surface area (Å²) in [6, 6.07) is 9.25. The largest absolute Gasteiger partial charge is 0.489 e. The molecule has 1 saturated carbocycles. The summed E-state index contributed by atoms with van der Waals surface area (Å²) >= 11 is 0. The average molecular weight is 303 g/mol. The van der Waals surface area contributed by atoms with Crippen LogP contribution in [0.25, 0.3) is 0 Å². The van der Waals surface area contributed by atoms with E-state index in [0.29, 0.717) is 12.0 Å². The summed E-state index contributed by atoms with van der Waals surface area (Å²) in [7, 11) is 0. The second-order valence-corrected chi connectivity index (χ2v) is 6.74. The van der Waals surface area contributed by atoms with Gasteiger partial charge in [-0.15, -0.1) is 0 Å². The molecule has 1 aliphatic carbocycles. The van der Waals surface area contributed by atoms with Crippen molar-refractivity contribution in [2.24, 2.45) is 0 Å². The molecule has 22 heavy (non-hydrogen) atoms. The molecule has 124 valence electrons. The molecule has 1 aliphatic rings. The molecule has 1 fully saturated rings. The van der Waals surface area contributed by atoms with Gasteiger partial charge in [-0.3, -0.25) is 0 Å². The third-order valence-corrected chi connectivity index (χ3v) is 5.05. The zero-order valence-electron chi connectivity index (χ0n) is 14.6. The van der Waals surface area contributed by atoms with E-state index in [-0.39, 0.29) is 6.10 Å². The molecular weight excluding hydrogens is 270 g/mol. The van der Waals surface area contributed by atoms with Crippen molar-refractivity contribution >= 4 is 0 Å². The van der Waals surface area contributed by atoms with Crippen LogP contribution < -0.4 is 10.1 Å². The molecule has 2 atom stereocenters. The van der Waals surface area contributed by atoms with Crippen molar-refractivity contribution in [3.8, 4) is 5.75 Å². The van der Waals surface area contributed by atoms with Crippen molar-refractivity contribution in [2.45, 2.75) is 83.8 Å². The Balaban J connectivity index is 1.92. The van der Waals surface area contributed by atoms with Gasteiger partial charge in [-0.25, -0.2) is 0 Å². The van der Waals surface area contributed by atoms with Gasteiger partial charge in [0.2, 0.25) is 0 Å². The van der Waals surface area contributed by atoms with Crippen LogP contribution in [0.2, 0.25) is 0 Å². The van der Waals surface area contributed by atoms with Crippen LogP contribution >= 0.6 is 0 Å². The molecule has 1 N–H and O–H groups in total. The normalized spacial score (nSPS) is 18.9. The van der Waals surface area contributed by atoms with Crippen LogP contribution in [0.1, 0.15) is 77.2 Å². The maximum Gasteiger partial charge on any atom is 0.123 e. The fourth-order valence-electron chi connectivity index (χ4n) is 3.27. The van der Waals surface area contributed by atoms with Gasteiger partial charge in [0, 0.05) is 12.6 Å². The first-order valence-corrected chi connectivity index (χ1v) is 9.23. The van der Waals surface area contributed by atoms with Gasteiger partial charge in [-0.2, -0.15) is 0 Å². The van der Waals surface area contributed by atoms with Gasteiger partial charge in [0.1, 0.15) is 11.9 Å². The molecule has 0 spiro atoms. The number of hydrogen-bond donors (Lipinski definition) is 1. The van der Waals surface area contributed by atoms with Gasteiger partial charge < -0.3 is 10.1 Å². The fourth-order valence-corrected chi connectivity index (χ4v) is 3.27. The maximum atomic E-state index is 6.35. The SMILES string of the molecule is CC[C@H](CNC1CCCCC1)Oc1ccccc1[C@@H](C)CC. The third-order valence-electron chi connectivity index (χ3n) is 5.05. The first-order chi connectivity index (χ1) is 10.7. The van der Waals surface area contributed by atoms with E-state index in [2.05, 4.69) is 50.4 Å². The lowest BCUT2D eigenvalue weighted by Crippen LogP contribution is -2.38. The van der Waals surface area contributed by atoms with Crippen LogP contribution in [0.15, 0.2) is 24.3 Å². The van der Waals surface area contributed by atoms with Crippen LogP contribution in [0.4, 0.5) is 0 Å². The summed E-state index contributed by atoms with van der Waals surface area (Å²) in [6.07, 6.45) is 9.31. The standard InChI is InChI=1S/C20H33NO/c1-4-16(3)19-13-9-10-14-20(19)22-18(5-2)15-21-17-11-7-6-8-12-17/h9-10,13-14,16-18,21H,4-8,11-12,15H2,1-3H3/t16-,18+/m0/s1. The highest BCUT2D eigenvalue weighted by atomic mass is 16.5. The van der Waals surface area contributed by atoms with E-state index >= 15 is 0 Å². The van der Waals surface area contributed by atoms with Gasteiger partial charge in [-0.1, -0.05) is 58.2 Å². The van der Waals surface area contributed by atoms with E-state index in [9.17, 15) is 0 Å². The summed E-state index contributed by atoms with van der Waals surface area (Å²) in [5.41, 5.74) is 1.35. The minimum absolute atomic E-state index is 0.270. The quantitative estimate of drug-likeness (QED) is 0.705. The lowest BCUT2D eigenvalue weighted by atomic mass is 9.95. The molecule has 0 bridgehead atoms. The van der Waals surface area contributed by atoms with Crippen LogP contribution in [0.5, 0.6) is 5.75 Å². The minimum atomic E-state index is 0.270. The van der Waals surface area contributed by atoms with E-state index in [1.165, 1.54) is 37.7 Å². The Morgan fingerprint density at radius 3 is 2.50 bits per heavy atom. The van der Waals surface area contributed by atoms with Crippen LogP contribution in [0, 0.1) is 0 Å². The van der Waals surface area contributed by atoms with Gasteiger partial charge >= 0.3 is 0 Å². The number of nitrogens with one attached hydrogen (secondary N) is 1. The first kappa shape index (κ1) is 17.3. The van der Waals surface area contributed by atoms with Crippen molar-refractivity contribution in [1.82, 2.24) is 5.32 Å². The lowest BCUT2D eigenvalue weighted by Gasteiger charge is -2.27. The van der Waals surface area contributed by atoms with Gasteiger partial charge in [0.15, 0.2) is 0 Å². The molecule has 0 heterocycles. The molecule has 1 aromatic carbocycles. The molecular formula is C20H33NO. The zero-order chi connectivity index (χ0) is 15.8. The Morgan fingerprint density at radius 1 is 1.09 bits per heavy atom. The summed E-state index contributed by atoms with van der Waals surface area (Å²) in [6.45, 7) is 7.71. The van der Waals surface area contributed by atoms with Crippen molar-refractivity contribution in [3.05, 3.63) is 29.8 Å². The van der Waals surface area contributed by atoms with Crippen LogP contribution in [0.3, 0.4) is 0 Å². The predicted octanol–water partition coefficient (Wildman–Crippen LogP) is 5.28. The summed E-state index contributed by atoms with van der Waals surface area (Å²) in [5, 5.41) is 3.73. The molecule has 0 saturated heterocycles. The topological polar surface area (TPSA) is 21.3 Å². The highest BCUT2D eigenvalue weighted by molar-refractivity contribution is 5.36. The zero-order valence-corrected chi connectivity index (χ0v) is 14.6. The van der Waals surface area contributed by atoms with E-state index in [0.717, 1.165) is 25.1 Å². The summed E-state index contributed by atoms with van der Waals surface area (Å²) in [5.74, 6) is 1.63. The van der Waals surface area contributed by atoms with Crippen LogP contribution in [-0.4, -0.2) is 18.7 Å². The van der Waals surface area contributed by atoms with E-state index in [1.807, 2.05) is 0 Å². The van der Waals surface area contributed by atoms with E-state index in [4.69, 9.17) is 4.74 Å². The lowest BCUT2D eigenvalue weighted by molar-refractivity contribution is 0.181. The van der Waals surface area contributed by atoms with Gasteiger partial charge in [0.05, 0.1) is 0 Å². The number of benzene rings is 1. The van der Waals surface area contributed by atoms with Crippen molar-refractivity contribution in [1.29, 1.82) is 0 Å². The van der Waals surface area contributed by atoms with Crippen molar-refractivity contribution in [3.63, 3.8) is 0 Å². The molecule has 1 aromatic rings. The summed E-state index contributed by atoms with van der Waals surface area (Å²) < 4.78 is 6.35. The average Bonchev–Trinajstić information content (AvgIpc) is 2.59. The highest BCUT2D eigenvalue weighted by Gasteiger charge is 2.17. The molecule has 2 nitrogen and oxygen atoms in total. The number of hydrogen-bond acceptors (Lipinski definition) is 2. The molecule has 0 aliphatic heterocycles. The van der Waals surface area contributed by atoms with Crippen molar-refractivity contribution < 1.29 is 4.74 Å². The third kappa shape index (κ3) is 5.01. The maximum absolute atomic E-state index is 6.35. The Morgan fingerprint density at radius 2 is 1.82 bits per heavy atom. The highest BCUT2D eigenvalue weighted by Crippen LogP contribution is 2.29. The van der Waals surface area contributed by atoms with Gasteiger partial charge in [0.25, 0.3) is 0 Å². The Kier molecular flexibility index (Phi) is 7.24. The molecule has 2 heteroatoms. The second-order valence-electron chi connectivity index (χ2n) is 6.74. The Bertz CT molecular complexity index is 425. The molecule has 0 amide bonds. The molecule has 0 radical (unpaired) electrons. The molecule has 2 rings (SSSR count). The summed E-state index contributed by atoms with van der Waals surface area (Å²) in [4.78, 5) is 0. The smallest absolute Gasteiger partial charge is 0.123 e. The van der Waals surface area contributed by atoms with E-state index in [1.54, 1.807) is 0 Å². The number of rotatable bonds is 8. The number of para-hydroxylation sites is 1. The van der Waals surface area contributed by atoms with Crippen LogP contribution in [-0.2, 0) is 0 Å². The Hall–Kier alpha value is -1.02. The van der Waals surface area contributed by atoms with Crippen molar-refractivity contribution in [2.75, 3.05) is 6.54 Å². The minimum Gasteiger partial charge on any atom is -0.489 e. The Labute approximate surface area is 136 Å².